The summed E-state index contributed by atoms with van der Waals surface area (Å²) >= 11 is 3.42. The van der Waals surface area contributed by atoms with E-state index in [1.54, 1.807) is 0 Å². The molecule has 1 aliphatic carbocycles. The zero-order valence-electron chi connectivity index (χ0n) is 9.76. The van der Waals surface area contributed by atoms with E-state index in [9.17, 15) is 4.79 Å². The Morgan fingerprint density at radius 2 is 1.93 bits per heavy atom. The van der Waals surface area contributed by atoms with E-state index in [0.717, 1.165) is 12.5 Å². The monoisotopic (exact) mass is 275 g/mol. The van der Waals surface area contributed by atoms with Gasteiger partial charge in [0.25, 0.3) is 0 Å². The predicted octanol–water partition coefficient (Wildman–Crippen LogP) is 3.10. The van der Waals surface area contributed by atoms with Crippen LogP contribution in [-0.2, 0) is 4.79 Å². The van der Waals surface area contributed by atoms with Crippen molar-refractivity contribution in [3.63, 3.8) is 0 Å². The molecule has 1 N–H and O–H groups in total. The first kappa shape index (κ1) is 13.0. The van der Waals surface area contributed by atoms with Crippen LogP contribution in [0.4, 0.5) is 0 Å². The van der Waals surface area contributed by atoms with Gasteiger partial charge in [-0.2, -0.15) is 0 Å². The van der Waals surface area contributed by atoms with E-state index in [0.29, 0.717) is 5.92 Å². The molecule has 0 spiro atoms. The lowest BCUT2D eigenvalue weighted by Gasteiger charge is -2.23. The SMILES string of the molecule is CC(C)C(Br)C(=O)NCC1CCCCC1. The van der Waals surface area contributed by atoms with Gasteiger partial charge in [-0.25, -0.2) is 0 Å². The fraction of sp³-hybridized carbons (Fsp3) is 0.917. The van der Waals surface area contributed by atoms with Gasteiger partial charge < -0.3 is 5.32 Å². The molecule has 1 rings (SSSR count). The molecule has 1 unspecified atom stereocenters. The Balaban J connectivity index is 2.20. The number of halogens is 1. The first-order chi connectivity index (χ1) is 7.11. The second kappa shape index (κ2) is 6.51. The third-order valence-electron chi connectivity index (χ3n) is 3.13. The lowest BCUT2D eigenvalue weighted by molar-refractivity contribution is -0.121. The van der Waals surface area contributed by atoms with Gasteiger partial charge in [0.05, 0.1) is 4.83 Å². The van der Waals surface area contributed by atoms with Crippen LogP contribution in [0.15, 0.2) is 0 Å². The van der Waals surface area contributed by atoms with Crippen molar-refractivity contribution in [3.05, 3.63) is 0 Å². The molecule has 0 saturated heterocycles. The van der Waals surface area contributed by atoms with Crippen LogP contribution in [0.2, 0.25) is 0 Å². The lowest BCUT2D eigenvalue weighted by Crippen LogP contribution is -2.37. The number of amides is 1. The predicted molar refractivity (Wildman–Crippen MR) is 67.1 cm³/mol. The van der Waals surface area contributed by atoms with E-state index in [1.165, 1.54) is 32.1 Å². The molecule has 1 amide bonds. The van der Waals surface area contributed by atoms with Gasteiger partial charge in [-0.1, -0.05) is 49.0 Å². The molecule has 1 atom stereocenters. The summed E-state index contributed by atoms with van der Waals surface area (Å²) < 4.78 is 0. The fourth-order valence-electron chi connectivity index (χ4n) is 2.04. The Morgan fingerprint density at radius 3 is 2.47 bits per heavy atom. The molecular weight excluding hydrogens is 254 g/mol. The molecule has 0 aliphatic heterocycles. The van der Waals surface area contributed by atoms with Crippen LogP contribution in [0.5, 0.6) is 0 Å². The van der Waals surface area contributed by atoms with Gasteiger partial charge in [-0.15, -0.1) is 0 Å². The van der Waals surface area contributed by atoms with Gasteiger partial charge in [-0.3, -0.25) is 4.79 Å². The smallest absolute Gasteiger partial charge is 0.234 e. The standard InChI is InChI=1S/C12H22BrNO/c1-9(2)11(13)12(15)14-8-10-6-4-3-5-7-10/h9-11H,3-8H2,1-2H3,(H,14,15). The fourth-order valence-corrected chi connectivity index (χ4v) is 2.20. The highest BCUT2D eigenvalue weighted by atomic mass is 79.9. The third kappa shape index (κ3) is 4.54. The zero-order chi connectivity index (χ0) is 11.3. The summed E-state index contributed by atoms with van der Waals surface area (Å²) in [7, 11) is 0. The molecule has 88 valence electrons. The number of hydrogen-bond acceptors (Lipinski definition) is 1. The second-order valence-electron chi connectivity index (χ2n) is 4.89. The third-order valence-corrected chi connectivity index (χ3v) is 4.60. The van der Waals surface area contributed by atoms with Crippen molar-refractivity contribution >= 4 is 21.8 Å². The Bertz CT molecular complexity index is 200. The summed E-state index contributed by atoms with van der Waals surface area (Å²) in [6.07, 6.45) is 6.62. The van der Waals surface area contributed by atoms with E-state index >= 15 is 0 Å². The van der Waals surface area contributed by atoms with Gasteiger partial charge in [0.2, 0.25) is 5.91 Å². The molecular formula is C12H22BrNO. The van der Waals surface area contributed by atoms with Crippen LogP contribution in [0.25, 0.3) is 0 Å². The Hall–Kier alpha value is -0.0500. The molecule has 15 heavy (non-hydrogen) atoms. The van der Waals surface area contributed by atoms with Crippen molar-refractivity contribution in [2.75, 3.05) is 6.54 Å². The molecule has 1 fully saturated rings. The Kier molecular flexibility index (Phi) is 5.65. The van der Waals surface area contributed by atoms with Gasteiger partial charge in [0.15, 0.2) is 0 Å². The van der Waals surface area contributed by atoms with Crippen LogP contribution in [-0.4, -0.2) is 17.3 Å². The minimum absolute atomic E-state index is 0.0407. The average Bonchev–Trinajstić information content (AvgIpc) is 2.26. The number of rotatable bonds is 4. The summed E-state index contributed by atoms with van der Waals surface area (Å²) in [6.45, 7) is 4.98. The maximum atomic E-state index is 11.7. The highest BCUT2D eigenvalue weighted by molar-refractivity contribution is 9.10. The summed E-state index contributed by atoms with van der Waals surface area (Å²) in [6, 6.07) is 0. The van der Waals surface area contributed by atoms with Gasteiger partial charge in [0, 0.05) is 6.54 Å². The van der Waals surface area contributed by atoms with E-state index in [2.05, 4.69) is 35.1 Å². The molecule has 0 bridgehead atoms. The molecule has 0 radical (unpaired) electrons. The molecule has 0 heterocycles. The lowest BCUT2D eigenvalue weighted by atomic mass is 9.89. The first-order valence-electron chi connectivity index (χ1n) is 6.03. The van der Waals surface area contributed by atoms with E-state index in [4.69, 9.17) is 0 Å². The highest BCUT2D eigenvalue weighted by Crippen LogP contribution is 2.23. The summed E-state index contributed by atoms with van der Waals surface area (Å²) in [4.78, 5) is 11.6. The van der Waals surface area contributed by atoms with Crippen molar-refractivity contribution in [2.45, 2.75) is 50.8 Å². The molecule has 0 aromatic rings. The molecule has 1 aliphatic rings. The molecule has 0 aromatic heterocycles. The number of carbonyl (C=O) groups excluding carboxylic acids is 1. The molecule has 0 aromatic carbocycles. The topological polar surface area (TPSA) is 29.1 Å². The van der Waals surface area contributed by atoms with E-state index in [-0.39, 0.29) is 10.7 Å². The quantitative estimate of drug-likeness (QED) is 0.785. The molecule has 2 nitrogen and oxygen atoms in total. The minimum atomic E-state index is -0.0407. The van der Waals surface area contributed by atoms with Crippen LogP contribution in [0, 0.1) is 11.8 Å². The number of alkyl halides is 1. The van der Waals surface area contributed by atoms with Crippen molar-refractivity contribution in [3.8, 4) is 0 Å². The summed E-state index contributed by atoms with van der Waals surface area (Å²) in [5, 5.41) is 3.05. The number of carbonyl (C=O) groups is 1. The maximum Gasteiger partial charge on any atom is 0.234 e. The van der Waals surface area contributed by atoms with Crippen molar-refractivity contribution in [1.29, 1.82) is 0 Å². The first-order valence-corrected chi connectivity index (χ1v) is 6.94. The normalized spacial score (nSPS) is 20.3. The largest absolute Gasteiger partial charge is 0.355 e. The van der Waals surface area contributed by atoms with Crippen molar-refractivity contribution < 1.29 is 4.79 Å². The average molecular weight is 276 g/mol. The van der Waals surface area contributed by atoms with E-state index in [1.807, 2.05) is 0 Å². The number of hydrogen-bond donors (Lipinski definition) is 1. The maximum absolute atomic E-state index is 11.7. The van der Waals surface area contributed by atoms with Crippen LogP contribution in [0.1, 0.15) is 46.0 Å². The Labute approximate surface area is 101 Å². The highest BCUT2D eigenvalue weighted by Gasteiger charge is 2.20. The molecule has 3 heteroatoms. The van der Waals surface area contributed by atoms with Gasteiger partial charge in [0.1, 0.15) is 0 Å². The van der Waals surface area contributed by atoms with Crippen LogP contribution < -0.4 is 5.32 Å². The van der Waals surface area contributed by atoms with E-state index < -0.39 is 0 Å². The minimum Gasteiger partial charge on any atom is -0.355 e. The van der Waals surface area contributed by atoms with Gasteiger partial charge >= 0.3 is 0 Å². The Morgan fingerprint density at radius 1 is 1.33 bits per heavy atom. The van der Waals surface area contributed by atoms with Crippen LogP contribution in [0.3, 0.4) is 0 Å². The summed E-state index contributed by atoms with van der Waals surface area (Å²) in [5.74, 6) is 1.22. The van der Waals surface area contributed by atoms with Gasteiger partial charge in [-0.05, 0) is 24.7 Å². The zero-order valence-corrected chi connectivity index (χ0v) is 11.3. The summed E-state index contributed by atoms with van der Waals surface area (Å²) in [5.41, 5.74) is 0. The molecule has 1 saturated carbocycles. The van der Waals surface area contributed by atoms with Crippen LogP contribution >= 0.6 is 15.9 Å². The second-order valence-corrected chi connectivity index (χ2v) is 5.88. The van der Waals surface area contributed by atoms with Crippen molar-refractivity contribution in [1.82, 2.24) is 5.32 Å². The van der Waals surface area contributed by atoms with Crippen molar-refractivity contribution in [2.24, 2.45) is 11.8 Å². The number of nitrogens with one attached hydrogen (secondary N) is 1.